The van der Waals surface area contributed by atoms with Crippen LogP contribution in [0.2, 0.25) is 0 Å². The normalized spacial score (nSPS) is 23.6. The quantitative estimate of drug-likeness (QED) is 0.898. The molecular formula is C16H26N2O2. The lowest BCUT2D eigenvalue weighted by Gasteiger charge is -2.39. The maximum absolute atomic E-state index is 5.42. The van der Waals surface area contributed by atoms with Crippen LogP contribution < -0.4 is 14.9 Å². The molecule has 0 aromatic heterocycles. The predicted molar refractivity (Wildman–Crippen MR) is 81.0 cm³/mol. The Morgan fingerprint density at radius 3 is 2.45 bits per heavy atom. The number of ether oxygens (including phenoxy) is 2. The summed E-state index contributed by atoms with van der Waals surface area (Å²) in [5.74, 6) is 1.76. The Morgan fingerprint density at radius 1 is 1.15 bits per heavy atom. The second-order valence-electron chi connectivity index (χ2n) is 5.55. The summed E-state index contributed by atoms with van der Waals surface area (Å²) >= 11 is 0. The minimum atomic E-state index is 0.579. The number of nitrogens with zero attached hydrogens (tertiary/aromatic N) is 1. The molecule has 20 heavy (non-hydrogen) atoms. The zero-order valence-electron chi connectivity index (χ0n) is 13.0. The van der Waals surface area contributed by atoms with Crippen molar-refractivity contribution in [1.82, 2.24) is 10.4 Å². The summed E-state index contributed by atoms with van der Waals surface area (Å²) in [5, 5.41) is 2.38. The fourth-order valence-electron chi connectivity index (χ4n) is 2.93. The van der Waals surface area contributed by atoms with Gasteiger partial charge in [-0.05, 0) is 44.9 Å². The highest BCUT2D eigenvalue weighted by Crippen LogP contribution is 2.25. The van der Waals surface area contributed by atoms with Gasteiger partial charge in [0.05, 0.1) is 14.2 Å². The summed E-state index contributed by atoms with van der Waals surface area (Å²) in [7, 11) is 3.39. The van der Waals surface area contributed by atoms with Crippen molar-refractivity contribution in [3.63, 3.8) is 0 Å². The van der Waals surface area contributed by atoms with E-state index in [-0.39, 0.29) is 0 Å². The van der Waals surface area contributed by atoms with Gasteiger partial charge in [-0.15, -0.1) is 0 Å². The second-order valence-corrected chi connectivity index (χ2v) is 5.55. The minimum absolute atomic E-state index is 0.579. The van der Waals surface area contributed by atoms with E-state index in [0.717, 1.165) is 23.6 Å². The van der Waals surface area contributed by atoms with Crippen molar-refractivity contribution in [3.8, 4) is 11.5 Å². The highest BCUT2D eigenvalue weighted by Gasteiger charge is 2.24. The molecule has 2 atom stereocenters. The van der Waals surface area contributed by atoms with Crippen molar-refractivity contribution in [2.24, 2.45) is 0 Å². The topological polar surface area (TPSA) is 33.7 Å². The average molecular weight is 278 g/mol. The van der Waals surface area contributed by atoms with Crippen molar-refractivity contribution >= 4 is 0 Å². The molecule has 4 heteroatoms. The zero-order chi connectivity index (χ0) is 14.5. The van der Waals surface area contributed by atoms with Gasteiger partial charge in [-0.3, -0.25) is 5.43 Å². The summed E-state index contributed by atoms with van der Waals surface area (Å²) in [4.78, 5) is 0. The molecule has 4 nitrogen and oxygen atoms in total. The first-order valence-electron chi connectivity index (χ1n) is 7.38. The third kappa shape index (κ3) is 3.44. The van der Waals surface area contributed by atoms with Crippen LogP contribution in [0.5, 0.6) is 11.5 Å². The van der Waals surface area contributed by atoms with E-state index in [2.05, 4.69) is 24.3 Å². The maximum Gasteiger partial charge on any atom is 0.123 e. The Kier molecular flexibility index (Phi) is 5.26. The standard InChI is InChI=1S/C16H26N2O2/c1-12-6-5-7-13(2)18(12)17-11-14-10-15(19-3)8-9-16(14)20-4/h8-10,12-13,17H,5-7,11H2,1-4H3. The van der Waals surface area contributed by atoms with Crippen LogP contribution in [0.15, 0.2) is 18.2 Å². The molecule has 0 aliphatic carbocycles. The molecule has 1 aliphatic rings. The third-order valence-electron chi connectivity index (χ3n) is 4.13. The van der Waals surface area contributed by atoms with Crippen LogP contribution in [0.1, 0.15) is 38.7 Å². The maximum atomic E-state index is 5.42. The van der Waals surface area contributed by atoms with Gasteiger partial charge in [-0.25, -0.2) is 5.01 Å². The lowest BCUT2D eigenvalue weighted by molar-refractivity contribution is 0.0433. The monoisotopic (exact) mass is 278 g/mol. The van der Waals surface area contributed by atoms with Crippen LogP contribution in [-0.4, -0.2) is 31.3 Å². The van der Waals surface area contributed by atoms with Crippen molar-refractivity contribution in [3.05, 3.63) is 23.8 Å². The molecule has 1 aliphatic heterocycles. The zero-order valence-corrected chi connectivity index (χ0v) is 13.0. The van der Waals surface area contributed by atoms with Gasteiger partial charge < -0.3 is 9.47 Å². The van der Waals surface area contributed by atoms with Gasteiger partial charge >= 0.3 is 0 Å². The molecule has 2 unspecified atom stereocenters. The summed E-state index contributed by atoms with van der Waals surface area (Å²) in [6.07, 6.45) is 3.84. The molecule has 1 N–H and O–H groups in total. The van der Waals surface area contributed by atoms with E-state index < -0.39 is 0 Å². The first-order chi connectivity index (χ1) is 9.65. The molecule has 0 spiro atoms. The Hall–Kier alpha value is -1.26. The van der Waals surface area contributed by atoms with Gasteiger partial charge in [0.2, 0.25) is 0 Å². The number of piperidine rings is 1. The minimum Gasteiger partial charge on any atom is -0.497 e. The lowest BCUT2D eigenvalue weighted by atomic mass is 10.00. The van der Waals surface area contributed by atoms with E-state index in [1.165, 1.54) is 19.3 Å². The van der Waals surface area contributed by atoms with Crippen LogP contribution in [0.3, 0.4) is 0 Å². The van der Waals surface area contributed by atoms with Crippen LogP contribution in [0.25, 0.3) is 0 Å². The molecule has 2 rings (SSSR count). The van der Waals surface area contributed by atoms with Gasteiger partial charge in [-0.2, -0.15) is 0 Å². The number of hydrogen-bond donors (Lipinski definition) is 1. The first kappa shape index (κ1) is 15.1. The van der Waals surface area contributed by atoms with Gasteiger partial charge in [0.1, 0.15) is 11.5 Å². The molecule has 1 fully saturated rings. The molecule has 0 saturated carbocycles. The number of nitrogens with one attached hydrogen (secondary N) is 1. The van der Waals surface area contributed by atoms with E-state index in [0.29, 0.717) is 12.1 Å². The molecule has 1 aromatic carbocycles. The Morgan fingerprint density at radius 2 is 1.85 bits per heavy atom. The van der Waals surface area contributed by atoms with Gasteiger partial charge in [0.15, 0.2) is 0 Å². The van der Waals surface area contributed by atoms with Gasteiger partial charge in [0, 0.05) is 24.2 Å². The van der Waals surface area contributed by atoms with E-state index in [4.69, 9.17) is 9.47 Å². The molecule has 0 amide bonds. The summed E-state index contributed by atoms with van der Waals surface area (Å²) in [6, 6.07) is 7.07. The van der Waals surface area contributed by atoms with Crippen molar-refractivity contribution < 1.29 is 9.47 Å². The van der Waals surface area contributed by atoms with E-state index in [1.54, 1.807) is 14.2 Å². The number of benzene rings is 1. The van der Waals surface area contributed by atoms with Gasteiger partial charge in [0.25, 0.3) is 0 Å². The predicted octanol–water partition coefficient (Wildman–Crippen LogP) is 2.97. The highest BCUT2D eigenvalue weighted by atomic mass is 16.5. The van der Waals surface area contributed by atoms with Crippen molar-refractivity contribution in [1.29, 1.82) is 0 Å². The van der Waals surface area contributed by atoms with Crippen LogP contribution in [-0.2, 0) is 6.54 Å². The van der Waals surface area contributed by atoms with Gasteiger partial charge in [-0.1, -0.05) is 6.42 Å². The first-order valence-corrected chi connectivity index (χ1v) is 7.38. The summed E-state index contributed by atoms with van der Waals surface area (Å²) < 4.78 is 10.7. The molecule has 1 aromatic rings. The summed E-state index contributed by atoms with van der Waals surface area (Å²) in [6.45, 7) is 5.33. The molecule has 0 radical (unpaired) electrons. The number of hydrogen-bond acceptors (Lipinski definition) is 4. The number of rotatable bonds is 5. The largest absolute Gasteiger partial charge is 0.497 e. The smallest absolute Gasteiger partial charge is 0.123 e. The number of methoxy groups -OCH3 is 2. The molecule has 112 valence electrons. The van der Waals surface area contributed by atoms with Crippen LogP contribution in [0, 0.1) is 0 Å². The van der Waals surface area contributed by atoms with E-state index in [1.807, 2.05) is 18.2 Å². The fourth-order valence-corrected chi connectivity index (χ4v) is 2.93. The van der Waals surface area contributed by atoms with Crippen LogP contribution in [0.4, 0.5) is 0 Å². The SMILES string of the molecule is COc1ccc(OC)c(CNN2C(C)CCCC2C)c1. The molecular weight excluding hydrogens is 252 g/mol. The van der Waals surface area contributed by atoms with E-state index >= 15 is 0 Å². The second kappa shape index (κ2) is 6.95. The van der Waals surface area contributed by atoms with E-state index in [9.17, 15) is 0 Å². The fraction of sp³-hybridized carbons (Fsp3) is 0.625. The van der Waals surface area contributed by atoms with Crippen molar-refractivity contribution in [2.45, 2.75) is 51.7 Å². The number of hydrazine groups is 1. The Labute approximate surface area is 122 Å². The highest BCUT2D eigenvalue weighted by molar-refractivity contribution is 5.40. The molecule has 1 saturated heterocycles. The third-order valence-corrected chi connectivity index (χ3v) is 4.13. The van der Waals surface area contributed by atoms with Crippen LogP contribution >= 0.6 is 0 Å². The lowest BCUT2D eigenvalue weighted by Crippen LogP contribution is -2.51. The molecule has 1 heterocycles. The summed E-state index contributed by atoms with van der Waals surface area (Å²) in [5.41, 5.74) is 4.68. The molecule has 0 bridgehead atoms. The average Bonchev–Trinajstić information content (AvgIpc) is 2.46. The van der Waals surface area contributed by atoms with Crippen molar-refractivity contribution in [2.75, 3.05) is 14.2 Å². The Balaban J connectivity index is 2.05. The Bertz CT molecular complexity index is 426.